The number of hydrogen-bond donors (Lipinski definition) is 0. The van der Waals surface area contributed by atoms with Crippen molar-refractivity contribution in [3.05, 3.63) is 16.4 Å². The monoisotopic (exact) mass is 260 g/mol. The summed E-state index contributed by atoms with van der Waals surface area (Å²) >= 11 is 3.47. The van der Waals surface area contributed by atoms with Crippen LogP contribution < -0.4 is 0 Å². The molecule has 4 heteroatoms. The van der Waals surface area contributed by atoms with E-state index < -0.39 is 0 Å². The normalized spacial score (nSPS) is 11.6. The minimum atomic E-state index is 0.248. The molecule has 0 unspecified atom stereocenters. The van der Waals surface area contributed by atoms with Gasteiger partial charge in [0.15, 0.2) is 0 Å². The quantitative estimate of drug-likeness (QED) is 0.832. The summed E-state index contributed by atoms with van der Waals surface area (Å²) in [5.41, 5.74) is 1.11. The van der Waals surface area contributed by atoms with Crippen LogP contribution in [0.15, 0.2) is 10.7 Å². The summed E-state index contributed by atoms with van der Waals surface area (Å²) < 4.78 is 8.57. The van der Waals surface area contributed by atoms with Gasteiger partial charge in [-0.1, -0.05) is 0 Å². The molecular weight excluding hydrogens is 244 g/mol. The van der Waals surface area contributed by atoms with E-state index in [2.05, 4.69) is 34.9 Å². The minimum Gasteiger partial charge on any atom is -0.372 e. The number of halogens is 1. The van der Waals surface area contributed by atoms with E-state index in [9.17, 15) is 0 Å². The fraction of sp³-hybridized carbons (Fsp3) is 0.700. The van der Waals surface area contributed by atoms with Crippen LogP contribution in [-0.2, 0) is 11.3 Å². The maximum absolute atomic E-state index is 5.57. The first-order valence-electron chi connectivity index (χ1n) is 4.85. The standard InChI is InChI=1S/C10H17BrN2O/c1-7(2)13-10(6-14-8(3)4)9(11)5-12-13/h5,7-8H,6H2,1-4H3. The molecule has 1 rings (SSSR count). The van der Waals surface area contributed by atoms with Gasteiger partial charge in [0.25, 0.3) is 0 Å². The molecule has 0 aliphatic heterocycles. The van der Waals surface area contributed by atoms with Crippen LogP contribution >= 0.6 is 15.9 Å². The Morgan fingerprint density at radius 2 is 2.07 bits per heavy atom. The van der Waals surface area contributed by atoms with Crippen molar-refractivity contribution in [3.63, 3.8) is 0 Å². The molecule has 0 N–H and O–H groups in total. The Kier molecular flexibility index (Phi) is 4.13. The van der Waals surface area contributed by atoms with Gasteiger partial charge in [0.1, 0.15) is 0 Å². The molecule has 3 nitrogen and oxygen atoms in total. The van der Waals surface area contributed by atoms with E-state index in [1.807, 2.05) is 24.7 Å². The highest BCUT2D eigenvalue weighted by Crippen LogP contribution is 2.20. The highest BCUT2D eigenvalue weighted by Gasteiger charge is 2.11. The van der Waals surface area contributed by atoms with Crippen LogP contribution in [0.3, 0.4) is 0 Å². The molecule has 0 aromatic carbocycles. The second-order valence-electron chi connectivity index (χ2n) is 3.84. The third-order valence-corrected chi connectivity index (χ3v) is 2.55. The SMILES string of the molecule is CC(C)OCc1c(Br)cnn1C(C)C. The molecule has 0 spiro atoms. The second kappa shape index (κ2) is 4.94. The van der Waals surface area contributed by atoms with Gasteiger partial charge in [-0.25, -0.2) is 0 Å². The molecular formula is C10H17BrN2O. The smallest absolute Gasteiger partial charge is 0.0899 e. The number of ether oxygens (including phenoxy) is 1. The minimum absolute atomic E-state index is 0.248. The van der Waals surface area contributed by atoms with Crippen LogP contribution in [0.4, 0.5) is 0 Å². The van der Waals surface area contributed by atoms with Gasteiger partial charge in [-0.05, 0) is 43.6 Å². The van der Waals surface area contributed by atoms with E-state index >= 15 is 0 Å². The van der Waals surface area contributed by atoms with Gasteiger partial charge in [-0.3, -0.25) is 4.68 Å². The third kappa shape index (κ3) is 2.82. The van der Waals surface area contributed by atoms with Gasteiger partial charge in [0.2, 0.25) is 0 Å². The van der Waals surface area contributed by atoms with Crippen LogP contribution in [0, 0.1) is 0 Å². The van der Waals surface area contributed by atoms with Crippen molar-refractivity contribution in [2.24, 2.45) is 0 Å². The van der Waals surface area contributed by atoms with Crippen molar-refractivity contribution < 1.29 is 4.74 Å². The van der Waals surface area contributed by atoms with Gasteiger partial charge in [0.05, 0.1) is 29.1 Å². The predicted octanol–water partition coefficient (Wildman–Crippen LogP) is 3.15. The molecule has 1 aromatic rings. The van der Waals surface area contributed by atoms with Gasteiger partial charge in [-0.15, -0.1) is 0 Å². The van der Waals surface area contributed by atoms with Gasteiger partial charge in [-0.2, -0.15) is 5.10 Å². The fourth-order valence-corrected chi connectivity index (χ4v) is 1.58. The zero-order valence-electron chi connectivity index (χ0n) is 9.12. The van der Waals surface area contributed by atoms with E-state index in [1.54, 1.807) is 0 Å². The van der Waals surface area contributed by atoms with Crippen molar-refractivity contribution in [1.82, 2.24) is 9.78 Å². The van der Waals surface area contributed by atoms with Crippen molar-refractivity contribution in [2.75, 3.05) is 0 Å². The van der Waals surface area contributed by atoms with E-state index in [0.717, 1.165) is 10.2 Å². The van der Waals surface area contributed by atoms with Crippen molar-refractivity contribution in [2.45, 2.75) is 46.4 Å². The first-order chi connectivity index (χ1) is 6.52. The summed E-state index contributed by atoms with van der Waals surface area (Å²) in [6.07, 6.45) is 2.07. The Morgan fingerprint density at radius 3 is 2.57 bits per heavy atom. The molecule has 0 atom stereocenters. The van der Waals surface area contributed by atoms with E-state index in [4.69, 9.17) is 4.74 Å². The highest BCUT2D eigenvalue weighted by molar-refractivity contribution is 9.10. The molecule has 0 bridgehead atoms. The zero-order chi connectivity index (χ0) is 10.7. The Balaban J connectivity index is 2.77. The summed E-state index contributed by atoms with van der Waals surface area (Å²) in [6.45, 7) is 8.89. The molecule has 1 aromatic heterocycles. The van der Waals surface area contributed by atoms with Crippen LogP contribution in [-0.4, -0.2) is 15.9 Å². The molecule has 14 heavy (non-hydrogen) atoms. The summed E-state index contributed by atoms with van der Waals surface area (Å²) in [5.74, 6) is 0. The Labute approximate surface area is 93.6 Å². The Bertz CT molecular complexity index is 294. The highest BCUT2D eigenvalue weighted by atomic mass is 79.9. The molecule has 80 valence electrons. The molecule has 0 aliphatic rings. The zero-order valence-corrected chi connectivity index (χ0v) is 10.7. The number of rotatable bonds is 4. The van der Waals surface area contributed by atoms with E-state index in [-0.39, 0.29) is 6.10 Å². The predicted molar refractivity (Wildman–Crippen MR) is 60.2 cm³/mol. The Morgan fingerprint density at radius 1 is 1.43 bits per heavy atom. The number of hydrogen-bond acceptors (Lipinski definition) is 2. The van der Waals surface area contributed by atoms with Crippen molar-refractivity contribution in [3.8, 4) is 0 Å². The first-order valence-corrected chi connectivity index (χ1v) is 5.65. The summed E-state index contributed by atoms with van der Waals surface area (Å²) in [6, 6.07) is 0.368. The van der Waals surface area contributed by atoms with Gasteiger partial charge < -0.3 is 4.74 Å². The third-order valence-electron chi connectivity index (χ3n) is 1.89. The average Bonchev–Trinajstić information content (AvgIpc) is 2.43. The topological polar surface area (TPSA) is 27.1 Å². The molecule has 0 saturated heterocycles. The van der Waals surface area contributed by atoms with Crippen LogP contribution in [0.1, 0.15) is 39.4 Å². The van der Waals surface area contributed by atoms with Crippen LogP contribution in [0.2, 0.25) is 0 Å². The second-order valence-corrected chi connectivity index (χ2v) is 4.69. The molecule has 0 fully saturated rings. The van der Waals surface area contributed by atoms with Crippen LogP contribution in [0.25, 0.3) is 0 Å². The van der Waals surface area contributed by atoms with Crippen molar-refractivity contribution in [1.29, 1.82) is 0 Å². The van der Waals surface area contributed by atoms with E-state index in [1.165, 1.54) is 0 Å². The largest absolute Gasteiger partial charge is 0.372 e. The first kappa shape index (κ1) is 11.7. The lowest BCUT2D eigenvalue weighted by molar-refractivity contribution is 0.0601. The molecule has 1 heterocycles. The summed E-state index contributed by atoms with van der Waals surface area (Å²) in [5, 5.41) is 4.28. The molecule has 0 amide bonds. The lowest BCUT2D eigenvalue weighted by Gasteiger charge is -2.13. The van der Waals surface area contributed by atoms with Crippen LogP contribution in [0.5, 0.6) is 0 Å². The molecule has 0 aliphatic carbocycles. The Hall–Kier alpha value is -0.350. The van der Waals surface area contributed by atoms with E-state index in [0.29, 0.717) is 12.6 Å². The maximum atomic E-state index is 5.57. The molecule has 0 saturated carbocycles. The number of nitrogens with zero attached hydrogens (tertiary/aromatic N) is 2. The fourth-order valence-electron chi connectivity index (χ4n) is 1.19. The average molecular weight is 261 g/mol. The van der Waals surface area contributed by atoms with Gasteiger partial charge >= 0.3 is 0 Å². The van der Waals surface area contributed by atoms with Gasteiger partial charge in [0, 0.05) is 6.04 Å². The number of aromatic nitrogens is 2. The lowest BCUT2D eigenvalue weighted by Crippen LogP contribution is -2.11. The van der Waals surface area contributed by atoms with Crippen molar-refractivity contribution >= 4 is 15.9 Å². The summed E-state index contributed by atoms with van der Waals surface area (Å²) in [7, 11) is 0. The lowest BCUT2D eigenvalue weighted by atomic mass is 10.3. The molecule has 0 radical (unpaired) electrons. The maximum Gasteiger partial charge on any atom is 0.0899 e. The summed E-state index contributed by atoms with van der Waals surface area (Å²) in [4.78, 5) is 0.